The van der Waals surface area contributed by atoms with Crippen LogP contribution < -0.4 is 5.32 Å². The van der Waals surface area contributed by atoms with Crippen LogP contribution in [0.4, 0.5) is 10.1 Å². The van der Waals surface area contributed by atoms with Gasteiger partial charge in [-0.2, -0.15) is 0 Å². The normalized spacial score (nSPS) is 21.4. The first-order chi connectivity index (χ1) is 9.61. The molecule has 0 aromatic heterocycles. The van der Waals surface area contributed by atoms with Crippen molar-refractivity contribution in [1.29, 1.82) is 0 Å². The number of rotatable bonds is 3. The Morgan fingerprint density at radius 3 is 2.65 bits per heavy atom. The van der Waals surface area contributed by atoms with Crippen LogP contribution in [0, 0.1) is 12.7 Å². The molecule has 3 heteroatoms. The minimum atomic E-state index is -0.152. The highest BCUT2D eigenvalue weighted by atomic mass is 35.5. The molecule has 0 bridgehead atoms. The Kier molecular flexibility index (Phi) is 3.66. The standard InChI is InChI=1S/C17H17ClFN/c1-11-5-6-15(10-17(11)19)20-16-8-13(9-16)12-3-2-4-14(18)7-12/h2-7,10,13,16,20H,8-9H2,1H3. The summed E-state index contributed by atoms with van der Waals surface area (Å²) in [6.07, 6.45) is 2.13. The van der Waals surface area contributed by atoms with E-state index in [1.165, 1.54) is 5.56 Å². The Balaban J connectivity index is 1.59. The van der Waals surface area contributed by atoms with Crippen LogP contribution in [-0.4, -0.2) is 6.04 Å². The predicted molar refractivity (Wildman–Crippen MR) is 82.0 cm³/mol. The summed E-state index contributed by atoms with van der Waals surface area (Å²) in [4.78, 5) is 0. The van der Waals surface area contributed by atoms with Crippen LogP contribution in [0.1, 0.15) is 29.9 Å². The van der Waals surface area contributed by atoms with Crippen molar-refractivity contribution >= 4 is 17.3 Å². The predicted octanol–water partition coefficient (Wildman–Crippen LogP) is 5.15. The Hall–Kier alpha value is -1.54. The molecule has 104 valence electrons. The van der Waals surface area contributed by atoms with Gasteiger partial charge in [-0.05, 0) is 61.1 Å². The summed E-state index contributed by atoms with van der Waals surface area (Å²) < 4.78 is 13.5. The van der Waals surface area contributed by atoms with Gasteiger partial charge in [-0.15, -0.1) is 0 Å². The molecule has 2 aromatic rings. The zero-order valence-electron chi connectivity index (χ0n) is 11.4. The monoisotopic (exact) mass is 289 g/mol. The molecule has 0 atom stereocenters. The van der Waals surface area contributed by atoms with Crippen LogP contribution in [-0.2, 0) is 0 Å². The Morgan fingerprint density at radius 2 is 1.95 bits per heavy atom. The van der Waals surface area contributed by atoms with Gasteiger partial charge in [-0.1, -0.05) is 29.8 Å². The van der Waals surface area contributed by atoms with Crippen molar-refractivity contribution in [2.75, 3.05) is 5.32 Å². The Labute approximate surface area is 123 Å². The van der Waals surface area contributed by atoms with Gasteiger partial charge in [0.1, 0.15) is 5.82 Å². The quantitative estimate of drug-likeness (QED) is 0.824. The molecule has 2 aromatic carbocycles. The number of anilines is 1. The number of aryl methyl sites for hydroxylation is 1. The maximum absolute atomic E-state index is 13.5. The molecule has 1 aliphatic rings. The highest BCUT2D eigenvalue weighted by molar-refractivity contribution is 6.30. The minimum Gasteiger partial charge on any atom is -0.382 e. The third kappa shape index (κ3) is 2.80. The van der Waals surface area contributed by atoms with Gasteiger partial charge in [0.15, 0.2) is 0 Å². The Morgan fingerprint density at radius 1 is 1.15 bits per heavy atom. The van der Waals surface area contributed by atoms with Crippen molar-refractivity contribution in [3.8, 4) is 0 Å². The van der Waals surface area contributed by atoms with Crippen LogP contribution in [0.3, 0.4) is 0 Å². The zero-order chi connectivity index (χ0) is 14.1. The van der Waals surface area contributed by atoms with Crippen molar-refractivity contribution in [2.45, 2.75) is 31.7 Å². The molecule has 1 fully saturated rings. The van der Waals surface area contributed by atoms with Gasteiger partial charge in [-0.3, -0.25) is 0 Å². The largest absolute Gasteiger partial charge is 0.382 e. The maximum atomic E-state index is 13.5. The summed E-state index contributed by atoms with van der Waals surface area (Å²) in [5.74, 6) is 0.405. The van der Waals surface area contributed by atoms with Gasteiger partial charge in [0, 0.05) is 16.8 Å². The van der Waals surface area contributed by atoms with E-state index < -0.39 is 0 Å². The molecule has 0 aliphatic heterocycles. The fourth-order valence-electron chi connectivity index (χ4n) is 2.69. The lowest BCUT2D eigenvalue weighted by Gasteiger charge is -2.37. The molecule has 0 radical (unpaired) electrons. The summed E-state index contributed by atoms with van der Waals surface area (Å²) in [5, 5.41) is 4.18. The van der Waals surface area contributed by atoms with E-state index in [1.54, 1.807) is 13.0 Å². The van der Waals surface area contributed by atoms with Crippen molar-refractivity contribution in [1.82, 2.24) is 0 Å². The maximum Gasteiger partial charge on any atom is 0.128 e. The molecule has 0 unspecified atom stereocenters. The van der Waals surface area contributed by atoms with Crippen LogP contribution in [0.2, 0.25) is 5.02 Å². The lowest BCUT2D eigenvalue weighted by molar-refractivity contribution is 0.374. The molecule has 1 aliphatic carbocycles. The van der Waals surface area contributed by atoms with Gasteiger partial charge in [0.25, 0.3) is 0 Å². The van der Waals surface area contributed by atoms with E-state index in [9.17, 15) is 4.39 Å². The van der Waals surface area contributed by atoms with E-state index in [0.29, 0.717) is 17.5 Å². The van der Waals surface area contributed by atoms with E-state index in [1.807, 2.05) is 30.3 Å². The summed E-state index contributed by atoms with van der Waals surface area (Å²) in [6, 6.07) is 13.8. The van der Waals surface area contributed by atoms with Crippen molar-refractivity contribution in [2.24, 2.45) is 0 Å². The topological polar surface area (TPSA) is 12.0 Å². The zero-order valence-corrected chi connectivity index (χ0v) is 12.1. The van der Waals surface area contributed by atoms with Gasteiger partial charge in [-0.25, -0.2) is 4.39 Å². The summed E-state index contributed by atoms with van der Waals surface area (Å²) in [7, 11) is 0. The van der Waals surface area contributed by atoms with Crippen LogP contribution >= 0.6 is 11.6 Å². The fourth-order valence-corrected chi connectivity index (χ4v) is 2.89. The van der Waals surface area contributed by atoms with Crippen molar-refractivity contribution in [3.63, 3.8) is 0 Å². The van der Waals surface area contributed by atoms with E-state index in [2.05, 4.69) is 11.4 Å². The van der Waals surface area contributed by atoms with Crippen LogP contribution in [0.25, 0.3) is 0 Å². The first-order valence-corrected chi connectivity index (χ1v) is 7.28. The van der Waals surface area contributed by atoms with E-state index in [4.69, 9.17) is 11.6 Å². The minimum absolute atomic E-state index is 0.152. The lowest BCUT2D eigenvalue weighted by Crippen LogP contribution is -2.34. The third-order valence-corrected chi connectivity index (χ3v) is 4.24. The van der Waals surface area contributed by atoms with E-state index >= 15 is 0 Å². The first kappa shape index (κ1) is 13.4. The molecule has 0 saturated heterocycles. The molecule has 1 N–H and O–H groups in total. The molecule has 0 heterocycles. The van der Waals surface area contributed by atoms with Crippen LogP contribution in [0.15, 0.2) is 42.5 Å². The third-order valence-electron chi connectivity index (χ3n) is 4.00. The Bertz CT molecular complexity index is 620. The summed E-state index contributed by atoms with van der Waals surface area (Å²) in [5.41, 5.74) is 2.84. The van der Waals surface area contributed by atoms with Gasteiger partial charge >= 0.3 is 0 Å². The van der Waals surface area contributed by atoms with E-state index in [-0.39, 0.29) is 5.82 Å². The number of hydrogen-bond donors (Lipinski definition) is 1. The average Bonchev–Trinajstić information content (AvgIpc) is 2.37. The summed E-state index contributed by atoms with van der Waals surface area (Å²) in [6.45, 7) is 1.78. The first-order valence-electron chi connectivity index (χ1n) is 6.90. The second-order valence-electron chi connectivity index (χ2n) is 5.53. The molecule has 0 amide bonds. The molecule has 1 nitrogen and oxygen atoms in total. The fraction of sp³-hybridized carbons (Fsp3) is 0.294. The second-order valence-corrected chi connectivity index (χ2v) is 5.96. The number of halogens is 2. The molecule has 0 spiro atoms. The SMILES string of the molecule is Cc1ccc(NC2CC(c3cccc(Cl)c3)C2)cc1F. The van der Waals surface area contributed by atoms with Crippen molar-refractivity contribution in [3.05, 3.63) is 64.4 Å². The van der Waals surface area contributed by atoms with Crippen molar-refractivity contribution < 1.29 is 4.39 Å². The number of benzene rings is 2. The molecular weight excluding hydrogens is 273 g/mol. The number of nitrogens with one attached hydrogen (secondary N) is 1. The highest BCUT2D eigenvalue weighted by Crippen LogP contribution is 2.39. The molecular formula is C17H17ClFN. The average molecular weight is 290 g/mol. The smallest absolute Gasteiger partial charge is 0.128 e. The molecule has 1 saturated carbocycles. The van der Waals surface area contributed by atoms with Gasteiger partial charge in [0.05, 0.1) is 0 Å². The summed E-state index contributed by atoms with van der Waals surface area (Å²) >= 11 is 6.01. The molecule has 3 rings (SSSR count). The lowest BCUT2D eigenvalue weighted by atomic mass is 9.76. The highest BCUT2D eigenvalue weighted by Gasteiger charge is 2.30. The van der Waals surface area contributed by atoms with E-state index in [0.717, 1.165) is 23.6 Å². The second kappa shape index (κ2) is 5.45. The molecule has 20 heavy (non-hydrogen) atoms. The van der Waals surface area contributed by atoms with Gasteiger partial charge < -0.3 is 5.32 Å². The number of hydrogen-bond acceptors (Lipinski definition) is 1. The van der Waals surface area contributed by atoms with Gasteiger partial charge in [0.2, 0.25) is 0 Å². The van der Waals surface area contributed by atoms with Crippen LogP contribution in [0.5, 0.6) is 0 Å².